The van der Waals surface area contributed by atoms with Gasteiger partial charge in [-0.15, -0.1) is 0 Å². The van der Waals surface area contributed by atoms with Gasteiger partial charge in [0.1, 0.15) is 18.1 Å². The lowest BCUT2D eigenvalue weighted by molar-refractivity contribution is 0.0811. The van der Waals surface area contributed by atoms with Crippen LogP contribution in [0.1, 0.15) is 28.8 Å². The van der Waals surface area contributed by atoms with Crippen molar-refractivity contribution >= 4 is 5.78 Å². The van der Waals surface area contributed by atoms with Crippen LogP contribution in [-0.2, 0) is 6.54 Å². The molecule has 0 saturated carbocycles. The van der Waals surface area contributed by atoms with Crippen LogP contribution in [0, 0.1) is 5.92 Å². The maximum Gasteiger partial charge on any atom is 0.167 e. The van der Waals surface area contributed by atoms with Crippen molar-refractivity contribution in [2.75, 3.05) is 33.4 Å². The van der Waals surface area contributed by atoms with Gasteiger partial charge in [-0.2, -0.15) is 0 Å². The molecule has 0 aliphatic carbocycles. The SMILES string of the molecule is COc1cccc(C(=O)[C@H]2CCCN(Cc3cccc(OCCO)c3)C2)c1. The molecule has 1 N–H and O–H groups in total. The van der Waals surface area contributed by atoms with Crippen molar-refractivity contribution < 1.29 is 19.4 Å². The van der Waals surface area contributed by atoms with Gasteiger partial charge in [0, 0.05) is 24.6 Å². The third kappa shape index (κ3) is 5.31. The molecule has 2 aromatic rings. The van der Waals surface area contributed by atoms with Gasteiger partial charge in [-0.05, 0) is 49.2 Å². The first-order chi connectivity index (χ1) is 13.2. The van der Waals surface area contributed by atoms with Crippen molar-refractivity contribution in [3.63, 3.8) is 0 Å². The lowest BCUT2D eigenvalue weighted by Crippen LogP contribution is -2.38. The number of aliphatic hydroxyl groups is 1. The van der Waals surface area contributed by atoms with E-state index in [2.05, 4.69) is 11.0 Å². The minimum atomic E-state index is 0.00438. The van der Waals surface area contributed by atoms with Crippen LogP contribution in [0.3, 0.4) is 0 Å². The summed E-state index contributed by atoms with van der Waals surface area (Å²) in [7, 11) is 1.62. The number of carbonyl (C=O) groups is 1. The van der Waals surface area contributed by atoms with E-state index in [1.165, 1.54) is 0 Å². The number of aliphatic hydroxyl groups excluding tert-OH is 1. The summed E-state index contributed by atoms with van der Waals surface area (Å²) in [4.78, 5) is 15.2. The van der Waals surface area contributed by atoms with Crippen molar-refractivity contribution in [3.05, 3.63) is 59.7 Å². The summed E-state index contributed by atoms with van der Waals surface area (Å²) >= 11 is 0. The first-order valence-electron chi connectivity index (χ1n) is 9.43. The first-order valence-corrected chi connectivity index (χ1v) is 9.43. The molecule has 1 atom stereocenters. The number of nitrogens with zero attached hydrogens (tertiary/aromatic N) is 1. The third-order valence-electron chi connectivity index (χ3n) is 4.90. The minimum Gasteiger partial charge on any atom is -0.497 e. The van der Waals surface area contributed by atoms with Gasteiger partial charge in [-0.25, -0.2) is 0 Å². The fourth-order valence-electron chi connectivity index (χ4n) is 3.58. The molecule has 3 rings (SSSR count). The predicted octanol–water partition coefficient (Wildman–Crippen LogP) is 3.16. The molecule has 0 aromatic heterocycles. The number of Topliss-reactive ketones (excluding diaryl/α,β-unsaturated/α-hetero) is 1. The molecule has 0 unspecified atom stereocenters. The number of carbonyl (C=O) groups excluding carboxylic acids is 1. The number of ketones is 1. The molecule has 5 heteroatoms. The predicted molar refractivity (Wildman–Crippen MR) is 104 cm³/mol. The third-order valence-corrected chi connectivity index (χ3v) is 4.90. The summed E-state index contributed by atoms with van der Waals surface area (Å²) in [5.74, 6) is 1.69. The van der Waals surface area contributed by atoms with E-state index in [1.807, 2.05) is 42.5 Å². The van der Waals surface area contributed by atoms with E-state index in [0.717, 1.165) is 49.4 Å². The van der Waals surface area contributed by atoms with Crippen LogP contribution in [0.15, 0.2) is 48.5 Å². The quantitative estimate of drug-likeness (QED) is 0.725. The zero-order chi connectivity index (χ0) is 19.1. The molecule has 0 bridgehead atoms. The largest absolute Gasteiger partial charge is 0.497 e. The molecule has 0 radical (unpaired) electrons. The first kappa shape index (κ1) is 19.4. The number of hydrogen-bond acceptors (Lipinski definition) is 5. The normalized spacial score (nSPS) is 17.5. The van der Waals surface area contributed by atoms with Crippen LogP contribution in [0.2, 0.25) is 0 Å². The molecule has 5 nitrogen and oxygen atoms in total. The standard InChI is InChI=1S/C22H27NO4/c1-26-20-8-3-6-18(14-20)22(25)19-7-4-10-23(16-19)15-17-5-2-9-21(13-17)27-12-11-24/h2-3,5-6,8-9,13-14,19,24H,4,7,10-12,15-16H2,1H3/t19-/m0/s1. The highest BCUT2D eigenvalue weighted by Crippen LogP contribution is 2.24. The van der Waals surface area contributed by atoms with Gasteiger partial charge >= 0.3 is 0 Å². The highest BCUT2D eigenvalue weighted by atomic mass is 16.5. The molecular formula is C22H27NO4. The van der Waals surface area contributed by atoms with Gasteiger partial charge < -0.3 is 14.6 Å². The Morgan fingerprint density at radius 2 is 2.00 bits per heavy atom. The topological polar surface area (TPSA) is 59.0 Å². The maximum atomic E-state index is 12.9. The second-order valence-electron chi connectivity index (χ2n) is 6.89. The molecule has 144 valence electrons. The Morgan fingerprint density at radius 1 is 1.19 bits per heavy atom. The van der Waals surface area contributed by atoms with Gasteiger partial charge in [0.2, 0.25) is 0 Å². The van der Waals surface area contributed by atoms with Gasteiger partial charge in [0.25, 0.3) is 0 Å². The molecule has 1 fully saturated rings. The molecular weight excluding hydrogens is 342 g/mol. The number of ether oxygens (including phenoxy) is 2. The number of hydrogen-bond donors (Lipinski definition) is 1. The molecule has 0 amide bonds. The summed E-state index contributed by atoms with van der Waals surface area (Å²) in [6, 6.07) is 15.3. The fraction of sp³-hybridized carbons (Fsp3) is 0.409. The number of benzene rings is 2. The molecule has 1 aliphatic heterocycles. The van der Waals surface area contributed by atoms with Gasteiger partial charge in [0.05, 0.1) is 13.7 Å². The minimum absolute atomic E-state index is 0.00438. The average molecular weight is 369 g/mol. The van der Waals surface area contributed by atoms with Crippen LogP contribution in [0.5, 0.6) is 11.5 Å². The van der Waals surface area contributed by atoms with Gasteiger partial charge in [-0.3, -0.25) is 9.69 Å². The van der Waals surface area contributed by atoms with Crippen LogP contribution < -0.4 is 9.47 Å². The van der Waals surface area contributed by atoms with E-state index in [4.69, 9.17) is 14.6 Å². The monoisotopic (exact) mass is 369 g/mol. The van der Waals surface area contributed by atoms with E-state index in [-0.39, 0.29) is 18.3 Å². The van der Waals surface area contributed by atoms with Crippen LogP contribution in [-0.4, -0.2) is 49.2 Å². The van der Waals surface area contributed by atoms with E-state index >= 15 is 0 Å². The second kappa shape index (κ2) is 9.53. The molecule has 27 heavy (non-hydrogen) atoms. The summed E-state index contributed by atoms with van der Waals surface area (Å²) in [5.41, 5.74) is 1.88. The van der Waals surface area contributed by atoms with Gasteiger partial charge in [-0.1, -0.05) is 24.3 Å². The fourth-order valence-corrected chi connectivity index (χ4v) is 3.58. The Kier molecular flexibility index (Phi) is 6.85. The molecule has 1 saturated heterocycles. The number of likely N-dealkylation sites (tertiary alicyclic amines) is 1. The maximum absolute atomic E-state index is 12.9. The number of rotatable bonds is 8. The van der Waals surface area contributed by atoms with Crippen LogP contribution in [0.25, 0.3) is 0 Å². The molecule has 0 spiro atoms. The zero-order valence-electron chi connectivity index (χ0n) is 15.8. The Hall–Kier alpha value is -2.37. The van der Waals surface area contributed by atoms with Crippen molar-refractivity contribution in [1.82, 2.24) is 4.90 Å². The summed E-state index contributed by atoms with van der Waals surface area (Å²) < 4.78 is 10.7. The van der Waals surface area contributed by atoms with E-state index in [1.54, 1.807) is 7.11 Å². The number of methoxy groups -OCH3 is 1. The summed E-state index contributed by atoms with van der Waals surface area (Å²) in [5, 5.41) is 8.89. The number of piperidine rings is 1. The van der Waals surface area contributed by atoms with Crippen LogP contribution in [0.4, 0.5) is 0 Å². The van der Waals surface area contributed by atoms with E-state index < -0.39 is 0 Å². The Labute approximate surface area is 160 Å². The van der Waals surface area contributed by atoms with Crippen molar-refractivity contribution in [2.45, 2.75) is 19.4 Å². The van der Waals surface area contributed by atoms with Crippen molar-refractivity contribution in [1.29, 1.82) is 0 Å². The summed E-state index contributed by atoms with van der Waals surface area (Å²) in [6.45, 7) is 2.84. The van der Waals surface area contributed by atoms with E-state index in [9.17, 15) is 4.79 Å². The van der Waals surface area contributed by atoms with Crippen LogP contribution >= 0.6 is 0 Å². The molecule has 1 heterocycles. The van der Waals surface area contributed by atoms with Gasteiger partial charge in [0.15, 0.2) is 5.78 Å². The lowest BCUT2D eigenvalue weighted by Gasteiger charge is -2.32. The zero-order valence-corrected chi connectivity index (χ0v) is 15.8. The van der Waals surface area contributed by atoms with Crippen molar-refractivity contribution in [3.8, 4) is 11.5 Å². The lowest BCUT2D eigenvalue weighted by atomic mass is 9.89. The van der Waals surface area contributed by atoms with E-state index in [0.29, 0.717) is 12.4 Å². The molecule has 2 aromatic carbocycles. The average Bonchev–Trinajstić information content (AvgIpc) is 2.72. The highest BCUT2D eigenvalue weighted by molar-refractivity contribution is 5.98. The Bertz CT molecular complexity index is 761. The highest BCUT2D eigenvalue weighted by Gasteiger charge is 2.26. The second-order valence-corrected chi connectivity index (χ2v) is 6.89. The van der Waals surface area contributed by atoms with Crippen molar-refractivity contribution in [2.24, 2.45) is 5.92 Å². The Morgan fingerprint density at radius 3 is 2.81 bits per heavy atom. The Balaban J connectivity index is 1.63. The summed E-state index contributed by atoms with van der Waals surface area (Å²) in [6.07, 6.45) is 1.94. The smallest absolute Gasteiger partial charge is 0.167 e. The molecule has 1 aliphatic rings.